The molecule has 0 spiro atoms. The Labute approximate surface area is 217 Å². The number of epoxide rings is 1. The SMILES string of the molecule is [C-]#[N+][C@@]12O[C@@H]1[C@]1(C)C3=CC(=O)[C@@H]4[C@@H]5CC(C)(C)CC[C@]5(CC)CC[C@@]4(C)[C@]3(C)CC[C@H]1C(C)(C)C2=O. The van der Waals surface area contributed by atoms with Gasteiger partial charge in [-0.3, -0.25) is 19.2 Å². The normalized spacial score (nSPS) is 54.0. The van der Waals surface area contributed by atoms with Crippen LogP contribution in [0.15, 0.2) is 11.6 Å². The Morgan fingerprint density at radius 3 is 2.31 bits per heavy atom. The Kier molecular flexibility index (Phi) is 4.65. The van der Waals surface area contributed by atoms with E-state index in [0.29, 0.717) is 11.7 Å². The lowest BCUT2D eigenvalue weighted by Gasteiger charge is -2.69. The van der Waals surface area contributed by atoms with Crippen LogP contribution in [0.2, 0.25) is 0 Å². The van der Waals surface area contributed by atoms with Gasteiger partial charge in [0.15, 0.2) is 11.9 Å². The third-order valence-corrected chi connectivity index (χ3v) is 13.6. The summed E-state index contributed by atoms with van der Waals surface area (Å²) in [5.74, 6) is 0.836. The first-order valence-electron chi connectivity index (χ1n) is 14.5. The zero-order chi connectivity index (χ0) is 26.3. The summed E-state index contributed by atoms with van der Waals surface area (Å²) in [5.41, 5.74) is -0.945. The fraction of sp³-hybridized carbons (Fsp3) is 0.844. The minimum Gasteiger partial charge on any atom is -0.295 e. The summed E-state index contributed by atoms with van der Waals surface area (Å²) in [5, 5.41) is 0. The number of Topliss-reactive ketones (excluding diaryl/α,β-unsaturated/α-hetero) is 1. The molecule has 5 fully saturated rings. The molecule has 1 heterocycles. The van der Waals surface area contributed by atoms with Crippen molar-refractivity contribution in [2.75, 3.05) is 0 Å². The van der Waals surface area contributed by atoms with E-state index in [0.717, 1.165) is 25.7 Å². The quantitative estimate of drug-likeness (QED) is 0.288. The molecule has 9 atom stereocenters. The van der Waals surface area contributed by atoms with Crippen molar-refractivity contribution in [3.05, 3.63) is 23.1 Å². The Morgan fingerprint density at radius 2 is 1.67 bits per heavy atom. The van der Waals surface area contributed by atoms with E-state index in [9.17, 15) is 9.59 Å². The molecule has 1 aliphatic heterocycles. The molecule has 0 N–H and O–H groups in total. The monoisotopic (exact) mass is 491 g/mol. The van der Waals surface area contributed by atoms with Crippen LogP contribution in [-0.2, 0) is 14.3 Å². The van der Waals surface area contributed by atoms with E-state index < -0.39 is 22.7 Å². The molecular weight excluding hydrogens is 446 g/mol. The van der Waals surface area contributed by atoms with Gasteiger partial charge in [0.25, 0.3) is 5.78 Å². The second-order valence-corrected chi connectivity index (χ2v) is 15.6. The van der Waals surface area contributed by atoms with Gasteiger partial charge in [-0.2, -0.15) is 0 Å². The molecule has 36 heavy (non-hydrogen) atoms. The molecule has 0 unspecified atom stereocenters. The molecule has 4 heteroatoms. The average Bonchev–Trinajstić information content (AvgIpc) is 3.56. The summed E-state index contributed by atoms with van der Waals surface area (Å²) in [6.07, 6.45) is 10.7. The van der Waals surface area contributed by atoms with E-state index >= 15 is 0 Å². The van der Waals surface area contributed by atoms with E-state index in [1.807, 2.05) is 19.9 Å². The Morgan fingerprint density at radius 1 is 1.00 bits per heavy atom. The highest BCUT2D eigenvalue weighted by atomic mass is 16.6. The fourth-order valence-corrected chi connectivity index (χ4v) is 11.2. The Hall–Kier alpha value is -1.47. The predicted octanol–water partition coefficient (Wildman–Crippen LogP) is 7.18. The first-order chi connectivity index (χ1) is 16.6. The van der Waals surface area contributed by atoms with Crippen molar-refractivity contribution in [2.24, 2.45) is 50.2 Å². The molecule has 1 saturated heterocycles. The second-order valence-electron chi connectivity index (χ2n) is 15.6. The lowest BCUT2D eigenvalue weighted by atomic mass is 9.33. The van der Waals surface area contributed by atoms with Gasteiger partial charge in [0.2, 0.25) is 0 Å². The second kappa shape index (κ2) is 6.74. The molecule has 6 aliphatic rings. The lowest BCUT2D eigenvalue weighted by Crippen LogP contribution is -2.67. The number of fused-ring (bicyclic) bond motifs is 9. The molecule has 0 amide bonds. The van der Waals surface area contributed by atoms with Gasteiger partial charge in [0.05, 0.1) is 0 Å². The van der Waals surface area contributed by atoms with Crippen LogP contribution in [0.4, 0.5) is 0 Å². The minimum absolute atomic E-state index is 0.0530. The van der Waals surface area contributed by atoms with Gasteiger partial charge in [-0.25, -0.2) is 6.57 Å². The molecule has 6 rings (SSSR count). The summed E-state index contributed by atoms with van der Waals surface area (Å²) in [6, 6.07) is 0. The average molecular weight is 492 g/mol. The number of nitrogens with zero attached hydrogens (tertiary/aromatic N) is 1. The number of hydrogen-bond acceptors (Lipinski definition) is 3. The van der Waals surface area contributed by atoms with Crippen molar-refractivity contribution in [3.8, 4) is 0 Å². The van der Waals surface area contributed by atoms with E-state index in [1.54, 1.807) is 0 Å². The molecule has 0 bridgehead atoms. The van der Waals surface area contributed by atoms with Gasteiger partial charge < -0.3 is 0 Å². The fourth-order valence-electron chi connectivity index (χ4n) is 11.2. The van der Waals surface area contributed by atoms with Gasteiger partial charge in [-0.15, -0.1) is 0 Å². The summed E-state index contributed by atoms with van der Waals surface area (Å²) in [6.45, 7) is 26.2. The van der Waals surface area contributed by atoms with Crippen molar-refractivity contribution in [1.29, 1.82) is 0 Å². The highest BCUT2D eigenvalue weighted by molar-refractivity contribution is 5.99. The number of allylic oxidation sites excluding steroid dienone is 1. The highest BCUT2D eigenvalue weighted by Gasteiger charge is 2.87. The van der Waals surface area contributed by atoms with Crippen LogP contribution >= 0.6 is 0 Å². The maximum atomic E-state index is 14.4. The van der Waals surface area contributed by atoms with Crippen molar-refractivity contribution < 1.29 is 14.3 Å². The Balaban J connectivity index is 1.52. The molecule has 5 aliphatic carbocycles. The van der Waals surface area contributed by atoms with E-state index in [4.69, 9.17) is 11.3 Å². The van der Waals surface area contributed by atoms with Crippen molar-refractivity contribution in [1.82, 2.24) is 0 Å². The van der Waals surface area contributed by atoms with Gasteiger partial charge >= 0.3 is 5.72 Å². The zero-order valence-corrected chi connectivity index (χ0v) is 23.7. The van der Waals surface area contributed by atoms with Crippen LogP contribution in [0.1, 0.15) is 107 Å². The van der Waals surface area contributed by atoms with Crippen LogP contribution in [0.25, 0.3) is 4.85 Å². The predicted molar refractivity (Wildman–Crippen MR) is 140 cm³/mol. The smallest absolute Gasteiger partial charge is 0.295 e. The number of ketones is 2. The van der Waals surface area contributed by atoms with Crippen LogP contribution in [0, 0.1) is 56.8 Å². The van der Waals surface area contributed by atoms with Crippen LogP contribution < -0.4 is 0 Å². The van der Waals surface area contributed by atoms with E-state index in [2.05, 4.69) is 46.4 Å². The molecule has 0 aromatic heterocycles. The third kappa shape index (κ3) is 2.51. The molecular formula is C32H45NO3. The number of carbonyl (C=O) groups excluding carboxylic acids is 2. The Bertz CT molecular complexity index is 1140. The van der Waals surface area contributed by atoms with Gasteiger partial charge in [-0.1, -0.05) is 67.4 Å². The van der Waals surface area contributed by atoms with Crippen LogP contribution in [-0.4, -0.2) is 23.4 Å². The summed E-state index contributed by atoms with van der Waals surface area (Å²) < 4.78 is 6.12. The zero-order valence-electron chi connectivity index (χ0n) is 23.7. The van der Waals surface area contributed by atoms with E-state index in [1.165, 1.54) is 31.3 Å². The lowest BCUT2D eigenvalue weighted by molar-refractivity contribution is -0.175. The first kappa shape index (κ1) is 24.8. The topological polar surface area (TPSA) is 51.0 Å². The number of hydrogen-bond donors (Lipinski definition) is 0. The maximum Gasteiger partial charge on any atom is 0.424 e. The van der Waals surface area contributed by atoms with Crippen molar-refractivity contribution in [2.45, 2.75) is 119 Å². The number of rotatable bonds is 1. The van der Waals surface area contributed by atoms with E-state index in [-0.39, 0.29) is 39.3 Å². The summed E-state index contributed by atoms with van der Waals surface area (Å²) in [7, 11) is 0. The van der Waals surface area contributed by atoms with Crippen LogP contribution in [0.5, 0.6) is 0 Å². The van der Waals surface area contributed by atoms with Crippen molar-refractivity contribution in [3.63, 3.8) is 0 Å². The standard InChI is InChI=1S/C32H45NO3/c1-10-31-15-13-26(2,3)18-19(31)23-20(34)17-22-28(6,29(23,7)14-16-31)12-11-21-27(4,5)24(35)32(33-9)25(36-32)30(21,22)8/h17,19,21,23,25H,10-16,18H2,1-8H3/t19-,21-,23-,25+,28+,29+,30-,31+,32-/m0/s1. The molecule has 0 radical (unpaired) electrons. The minimum atomic E-state index is -1.36. The number of ether oxygens (including phenoxy) is 1. The number of carbonyl (C=O) groups is 2. The molecule has 0 aromatic carbocycles. The van der Waals surface area contributed by atoms with Gasteiger partial charge in [0, 0.05) is 16.7 Å². The van der Waals surface area contributed by atoms with Gasteiger partial charge in [-0.05, 0) is 84.5 Å². The largest absolute Gasteiger partial charge is 0.424 e. The molecule has 4 saturated carbocycles. The molecule has 0 aromatic rings. The van der Waals surface area contributed by atoms with Crippen molar-refractivity contribution >= 4 is 11.6 Å². The third-order valence-electron chi connectivity index (χ3n) is 13.6. The summed E-state index contributed by atoms with van der Waals surface area (Å²) in [4.78, 5) is 31.7. The molecule has 196 valence electrons. The highest BCUT2D eigenvalue weighted by Crippen LogP contribution is 2.78. The molecule has 4 nitrogen and oxygen atoms in total. The summed E-state index contributed by atoms with van der Waals surface area (Å²) >= 11 is 0. The first-order valence-corrected chi connectivity index (χ1v) is 14.5. The van der Waals surface area contributed by atoms with Crippen LogP contribution in [0.3, 0.4) is 0 Å². The van der Waals surface area contributed by atoms with Gasteiger partial charge in [0.1, 0.15) is 0 Å². The maximum absolute atomic E-state index is 14.4.